The van der Waals surface area contributed by atoms with Gasteiger partial charge in [0.05, 0.1) is 13.2 Å². The van der Waals surface area contributed by atoms with E-state index >= 15 is 0 Å². The summed E-state index contributed by atoms with van der Waals surface area (Å²) in [5, 5.41) is 0. The maximum atomic E-state index is 11.2. The van der Waals surface area contributed by atoms with E-state index in [2.05, 4.69) is 4.18 Å². The Morgan fingerprint density at radius 3 is 2.23 bits per heavy atom. The van der Waals surface area contributed by atoms with Gasteiger partial charge in [0.2, 0.25) is 8.03 Å². The molecule has 5 nitrogen and oxygen atoms in total. The Labute approximate surface area is 79.4 Å². The second-order valence-electron chi connectivity index (χ2n) is 2.29. The second-order valence-corrected chi connectivity index (χ2v) is 6.43. The summed E-state index contributed by atoms with van der Waals surface area (Å²) in [5.74, 6) is 0. The van der Waals surface area contributed by atoms with Crippen LogP contribution in [0.2, 0.25) is 0 Å². The molecule has 80 valence electrons. The fourth-order valence-electron chi connectivity index (χ4n) is 0.644. The summed E-state index contributed by atoms with van der Waals surface area (Å²) >= 11 is 0. The van der Waals surface area contributed by atoms with E-state index in [0.717, 1.165) is 0 Å². The average Bonchev–Trinajstić information content (AvgIpc) is 2.03. The summed E-state index contributed by atoms with van der Waals surface area (Å²) in [5.41, 5.74) is 0. The van der Waals surface area contributed by atoms with E-state index in [4.69, 9.17) is 4.52 Å². The van der Waals surface area contributed by atoms with Gasteiger partial charge in [-0.2, -0.15) is 8.42 Å². The molecule has 13 heavy (non-hydrogen) atoms. The molecule has 7 heteroatoms. The Morgan fingerprint density at radius 1 is 1.31 bits per heavy atom. The zero-order valence-electron chi connectivity index (χ0n) is 7.94. The smallest absolute Gasteiger partial charge is 0.279 e. The third kappa shape index (κ3) is 4.22. The van der Waals surface area contributed by atoms with Crippen LogP contribution in [0.25, 0.3) is 0 Å². The molecule has 0 aromatic rings. The third-order valence-corrected chi connectivity index (χ3v) is 5.44. The van der Waals surface area contributed by atoms with Crippen molar-refractivity contribution < 1.29 is 21.7 Å². The molecular weight excluding hydrogens is 215 g/mol. The molecule has 0 saturated heterocycles. The first-order valence-electron chi connectivity index (χ1n) is 4.00. The average molecular weight is 230 g/mol. The van der Waals surface area contributed by atoms with Crippen LogP contribution in [-0.4, -0.2) is 26.6 Å². The lowest BCUT2D eigenvalue weighted by Gasteiger charge is -2.11. The molecule has 0 heterocycles. The first-order valence-corrected chi connectivity index (χ1v) is 6.87. The monoisotopic (exact) mass is 230 g/mol. The molecule has 0 fully saturated rings. The molecule has 0 aliphatic heterocycles. The molecule has 2 unspecified atom stereocenters. The highest BCUT2D eigenvalue weighted by Gasteiger charge is 2.27. The summed E-state index contributed by atoms with van der Waals surface area (Å²) in [7, 11) is -6.28. The number of hydrogen-bond acceptors (Lipinski definition) is 5. The lowest BCUT2D eigenvalue weighted by Crippen LogP contribution is -2.17. The maximum absolute atomic E-state index is 11.2. The van der Waals surface area contributed by atoms with Crippen LogP contribution in [0.3, 0.4) is 0 Å². The topological polar surface area (TPSA) is 69.7 Å². The van der Waals surface area contributed by atoms with Gasteiger partial charge in [-0.15, -0.1) is 0 Å². The minimum Gasteiger partial charge on any atom is -0.330 e. The molecule has 0 N–H and O–H groups in total. The third-order valence-electron chi connectivity index (χ3n) is 1.33. The maximum Gasteiger partial charge on any atom is 0.279 e. The minimum absolute atomic E-state index is 0.0495. The Morgan fingerprint density at radius 2 is 1.85 bits per heavy atom. The number of hydrogen-bond donors (Lipinski definition) is 0. The molecule has 0 bridgehead atoms. The Bertz CT molecular complexity index is 260. The Hall–Kier alpha value is 0.100. The van der Waals surface area contributed by atoms with Gasteiger partial charge >= 0.3 is 0 Å². The van der Waals surface area contributed by atoms with Crippen LogP contribution in [0, 0.1) is 0 Å². The van der Waals surface area contributed by atoms with Crippen molar-refractivity contribution in [1.82, 2.24) is 0 Å². The van der Waals surface area contributed by atoms with Crippen molar-refractivity contribution in [3.8, 4) is 0 Å². The summed E-state index contributed by atoms with van der Waals surface area (Å²) in [4.78, 5) is -1.07. The van der Waals surface area contributed by atoms with Gasteiger partial charge in [0.1, 0.15) is 0 Å². The van der Waals surface area contributed by atoms with E-state index in [1.165, 1.54) is 6.92 Å². The van der Waals surface area contributed by atoms with Gasteiger partial charge in [-0.1, -0.05) is 0 Å². The van der Waals surface area contributed by atoms with Gasteiger partial charge in [0.15, 0.2) is 4.99 Å². The highest BCUT2D eigenvalue weighted by atomic mass is 32.2. The van der Waals surface area contributed by atoms with Crippen molar-refractivity contribution in [2.75, 3.05) is 13.2 Å². The van der Waals surface area contributed by atoms with Gasteiger partial charge in [-0.05, 0) is 20.8 Å². The lowest BCUT2D eigenvalue weighted by atomic mass is 10.9. The van der Waals surface area contributed by atoms with E-state index in [1.807, 2.05) is 0 Å². The molecule has 0 aliphatic carbocycles. The predicted octanol–water partition coefficient (Wildman–Crippen LogP) is 1.21. The van der Waals surface area contributed by atoms with Gasteiger partial charge in [0.25, 0.3) is 10.1 Å². The fourth-order valence-corrected chi connectivity index (χ4v) is 3.05. The van der Waals surface area contributed by atoms with Crippen molar-refractivity contribution in [3.05, 3.63) is 0 Å². The molecule has 0 aromatic heterocycles. The van der Waals surface area contributed by atoms with E-state index < -0.39 is 23.1 Å². The fraction of sp³-hybridized carbons (Fsp3) is 1.00. The summed E-state index contributed by atoms with van der Waals surface area (Å²) < 4.78 is 42.7. The van der Waals surface area contributed by atoms with Crippen molar-refractivity contribution in [1.29, 1.82) is 0 Å². The van der Waals surface area contributed by atoms with Crippen LogP contribution < -0.4 is 0 Å². The minimum atomic E-state index is -3.72. The highest BCUT2D eigenvalue weighted by Crippen LogP contribution is 2.33. The zero-order valence-corrected chi connectivity index (χ0v) is 9.76. The molecule has 0 saturated carbocycles. The van der Waals surface area contributed by atoms with Crippen LogP contribution in [-0.2, 0) is 23.4 Å². The molecule has 0 spiro atoms. The van der Waals surface area contributed by atoms with Crippen molar-refractivity contribution in [2.45, 2.75) is 25.8 Å². The molecule has 0 rings (SSSR count). The van der Waals surface area contributed by atoms with Gasteiger partial charge in [-0.3, -0.25) is 8.75 Å². The van der Waals surface area contributed by atoms with Crippen LogP contribution in [0.5, 0.6) is 0 Å². The van der Waals surface area contributed by atoms with Gasteiger partial charge in [-0.25, -0.2) is 0 Å². The van der Waals surface area contributed by atoms with E-state index in [9.17, 15) is 13.0 Å². The molecule has 0 radical (unpaired) electrons. The van der Waals surface area contributed by atoms with Crippen LogP contribution in [0.1, 0.15) is 20.8 Å². The quantitative estimate of drug-likeness (QED) is 0.506. The van der Waals surface area contributed by atoms with Crippen LogP contribution >= 0.6 is 8.03 Å². The largest absolute Gasteiger partial charge is 0.330 e. The molecular formula is C6H15O5PS. The Balaban J connectivity index is 4.40. The van der Waals surface area contributed by atoms with E-state index in [1.54, 1.807) is 13.8 Å². The highest BCUT2D eigenvalue weighted by molar-refractivity contribution is 7.93. The predicted molar refractivity (Wildman–Crippen MR) is 50.6 cm³/mol. The second kappa shape index (κ2) is 5.75. The first kappa shape index (κ1) is 13.1. The van der Waals surface area contributed by atoms with Crippen molar-refractivity contribution in [2.24, 2.45) is 0 Å². The van der Waals surface area contributed by atoms with E-state index in [-0.39, 0.29) is 13.2 Å². The number of rotatable bonds is 6. The zero-order chi connectivity index (χ0) is 10.5. The van der Waals surface area contributed by atoms with Crippen LogP contribution in [0.4, 0.5) is 0 Å². The first-order chi connectivity index (χ1) is 5.95. The van der Waals surface area contributed by atoms with Gasteiger partial charge < -0.3 is 4.52 Å². The summed E-state index contributed by atoms with van der Waals surface area (Å²) in [6.07, 6.45) is 0. The normalized spacial score (nSPS) is 16.8. The molecule has 0 aliphatic rings. The lowest BCUT2D eigenvalue weighted by molar-refractivity contribution is 0.327. The Kier molecular flexibility index (Phi) is 5.80. The van der Waals surface area contributed by atoms with E-state index in [0.29, 0.717) is 0 Å². The van der Waals surface area contributed by atoms with Crippen molar-refractivity contribution >= 4 is 18.1 Å². The summed E-state index contributed by atoms with van der Waals surface area (Å²) in [6, 6.07) is 0. The molecule has 2 atom stereocenters. The molecule has 0 aromatic carbocycles. The SMILES string of the molecule is CCO[PH](=O)C(C)S(=O)(=O)OCC. The van der Waals surface area contributed by atoms with Gasteiger partial charge in [0, 0.05) is 0 Å². The summed E-state index contributed by atoms with van der Waals surface area (Å²) in [6.45, 7) is 4.82. The van der Waals surface area contributed by atoms with Crippen molar-refractivity contribution in [3.63, 3.8) is 0 Å². The molecule has 0 amide bonds. The standard InChI is InChI=1S/C6H15O5PS/c1-4-10-12(7)6(3)13(8,9)11-5-2/h6,12H,4-5H2,1-3H3. The van der Waals surface area contributed by atoms with Crippen LogP contribution in [0.15, 0.2) is 0 Å².